The molecule has 0 aliphatic carbocycles. The number of aliphatic hydroxyl groups is 1. The molecular formula is C8H17NO. The van der Waals surface area contributed by atoms with Gasteiger partial charge in [0, 0.05) is 12.6 Å². The van der Waals surface area contributed by atoms with Crippen LogP contribution in [-0.2, 0) is 0 Å². The van der Waals surface area contributed by atoms with Gasteiger partial charge in [0.05, 0.1) is 6.10 Å². The Hall–Kier alpha value is -0.0800. The van der Waals surface area contributed by atoms with Gasteiger partial charge in [0.1, 0.15) is 0 Å². The SMILES string of the molecule is CC(C)C1CCC(O)CN1. The molecule has 2 unspecified atom stereocenters. The minimum absolute atomic E-state index is 0.102. The first-order valence-corrected chi connectivity index (χ1v) is 4.11. The van der Waals surface area contributed by atoms with Crippen molar-refractivity contribution in [1.82, 2.24) is 5.32 Å². The van der Waals surface area contributed by atoms with Gasteiger partial charge in [0.25, 0.3) is 0 Å². The van der Waals surface area contributed by atoms with Gasteiger partial charge in [-0.05, 0) is 18.8 Å². The van der Waals surface area contributed by atoms with Crippen LogP contribution in [0, 0.1) is 5.92 Å². The van der Waals surface area contributed by atoms with Gasteiger partial charge in [0.15, 0.2) is 0 Å². The number of nitrogens with one attached hydrogen (secondary N) is 1. The second kappa shape index (κ2) is 3.35. The van der Waals surface area contributed by atoms with Crippen LogP contribution in [0.1, 0.15) is 26.7 Å². The third-order valence-corrected chi connectivity index (χ3v) is 2.23. The summed E-state index contributed by atoms with van der Waals surface area (Å²) in [5, 5.41) is 12.5. The van der Waals surface area contributed by atoms with Crippen molar-refractivity contribution in [2.24, 2.45) is 5.92 Å². The van der Waals surface area contributed by atoms with Crippen LogP contribution in [0.3, 0.4) is 0 Å². The van der Waals surface area contributed by atoms with Crippen molar-refractivity contribution in [2.75, 3.05) is 6.54 Å². The fourth-order valence-corrected chi connectivity index (χ4v) is 1.43. The van der Waals surface area contributed by atoms with Crippen molar-refractivity contribution in [3.63, 3.8) is 0 Å². The molecule has 0 spiro atoms. The number of rotatable bonds is 1. The first-order valence-electron chi connectivity index (χ1n) is 4.11. The van der Waals surface area contributed by atoms with Gasteiger partial charge in [-0.2, -0.15) is 0 Å². The maximum atomic E-state index is 9.15. The van der Waals surface area contributed by atoms with Gasteiger partial charge >= 0.3 is 0 Å². The van der Waals surface area contributed by atoms with Crippen LogP contribution in [0.5, 0.6) is 0 Å². The van der Waals surface area contributed by atoms with E-state index in [2.05, 4.69) is 19.2 Å². The van der Waals surface area contributed by atoms with Crippen LogP contribution < -0.4 is 5.32 Å². The fraction of sp³-hybridized carbons (Fsp3) is 1.00. The molecule has 1 aliphatic heterocycles. The minimum Gasteiger partial charge on any atom is -0.392 e. The molecule has 0 aromatic rings. The van der Waals surface area contributed by atoms with Crippen LogP contribution in [0.15, 0.2) is 0 Å². The maximum Gasteiger partial charge on any atom is 0.0665 e. The first-order chi connectivity index (χ1) is 4.70. The summed E-state index contributed by atoms with van der Waals surface area (Å²) in [6, 6.07) is 0.628. The van der Waals surface area contributed by atoms with Crippen molar-refractivity contribution in [3.8, 4) is 0 Å². The first kappa shape index (κ1) is 8.02. The molecule has 1 fully saturated rings. The molecule has 2 nitrogen and oxygen atoms in total. The summed E-state index contributed by atoms with van der Waals surface area (Å²) < 4.78 is 0. The van der Waals surface area contributed by atoms with E-state index in [4.69, 9.17) is 5.11 Å². The monoisotopic (exact) mass is 143 g/mol. The van der Waals surface area contributed by atoms with E-state index in [1.807, 2.05) is 0 Å². The third kappa shape index (κ3) is 1.96. The van der Waals surface area contributed by atoms with Gasteiger partial charge in [-0.15, -0.1) is 0 Å². The summed E-state index contributed by atoms with van der Waals surface area (Å²) in [7, 11) is 0. The predicted molar refractivity (Wildman–Crippen MR) is 41.9 cm³/mol. The van der Waals surface area contributed by atoms with Crippen LogP contribution in [0.2, 0.25) is 0 Å². The molecule has 1 aliphatic rings. The molecule has 0 amide bonds. The van der Waals surface area contributed by atoms with E-state index in [0.717, 1.165) is 19.4 Å². The highest BCUT2D eigenvalue weighted by atomic mass is 16.3. The molecular weight excluding hydrogens is 126 g/mol. The number of β-amino-alcohol motifs (C(OH)–C–C–N with tert-alkyl or cyclic N) is 1. The van der Waals surface area contributed by atoms with Crippen LogP contribution in [-0.4, -0.2) is 23.8 Å². The summed E-state index contributed by atoms with van der Waals surface area (Å²) >= 11 is 0. The molecule has 1 heterocycles. The van der Waals surface area contributed by atoms with Crippen LogP contribution in [0.25, 0.3) is 0 Å². The molecule has 0 bridgehead atoms. The fourth-order valence-electron chi connectivity index (χ4n) is 1.43. The van der Waals surface area contributed by atoms with Crippen molar-refractivity contribution < 1.29 is 5.11 Å². The molecule has 60 valence electrons. The number of piperidine rings is 1. The van der Waals surface area contributed by atoms with Crippen molar-refractivity contribution in [2.45, 2.75) is 38.8 Å². The van der Waals surface area contributed by atoms with E-state index in [9.17, 15) is 0 Å². The second-order valence-corrected chi connectivity index (χ2v) is 3.49. The van der Waals surface area contributed by atoms with E-state index in [1.54, 1.807) is 0 Å². The van der Waals surface area contributed by atoms with Gasteiger partial charge in [-0.3, -0.25) is 0 Å². The van der Waals surface area contributed by atoms with Crippen molar-refractivity contribution >= 4 is 0 Å². The van der Waals surface area contributed by atoms with E-state index in [0.29, 0.717) is 12.0 Å². The Balaban J connectivity index is 2.26. The van der Waals surface area contributed by atoms with E-state index in [-0.39, 0.29) is 6.10 Å². The molecule has 2 N–H and O–H groups in total. The Morgan fingerprint density at radius 1 is 1.40 bits per heavy atom. The smallest absolute Gasteiger partial charge is 0.0665 e. The summed E-state index contributed by atoms with van der Waals surface area (Å²) in [6.07, 6.45) is 1.99. The lowest BCUT2D eigenvalue weighted by atomic mass is 9.94. The lowest BCUT2D eigenvalue weighted by molar-refractivity contribution is 0.117. The molecule has 0 saturated carbocycles. The Kier molecular flexibility index (Phi) is 2.69. The van der Waals surface area contributed by atoms with Gasteiger partial charge < -0.3 is 10.4 Å². The lowest BCUT2D eigenvalue weighted by Gasteiger charge is -2.29. The molecule has 2 heteroatoms. The zero-order valence-electron chi connectivity index (χ0n) is 6.80. The second-order valence-electron chi connectivity index (χ2n) is 3.49. The Morgan fingerprint density at radius 2 is 2.10 bits per heavy atom. The largest absolute Gasteiger partial charge is 0.392 e. The highest BCUT2D eigenvalue weighted by molar-refractivity contribution is 4.78. The quantitative estimate of drug-likeness (QED) is 0.568. The zero-order valence-corrected chi connectivity index (χ0v) is 6.80. The standard InChI is InChI=1S/C8H17NO/c1-6(2)8-4-3-7(10)5-9-8/h6-10H,3-5H2,1-2H3. The van der Waals surface area contributed by atoms with Crippen LogP contribution in [0.4, 0.5) is 0 Å². The average molecular weight is 143 g/mol. The van der Waals surface area contributed by atoms with Crippen molar-refractivity contribution in [1.29, 1.82) is 0 Å². The minimum atomic E-state index is -0.102. The normalized spacial score (nSPS) is 34.8. The highest BCUT2D eigenvalue weighted by Crippen LogP contribution is 2.14. The Morgan fingerprint density at radius 3 is 2.50 bits per heavy atom. The lowest BCUT2D eigenvalue weighted by Crippen LogP contribution is -2.44. The molecule has 0 radical (unpaired) electrons. The molecule has 1 rings (SSSR count). The highest BCUT2D eigenvalue weighted by Gasteiger charge is 2.20. The number of aliphatic hydroxyl groups excluding tert-OH is 1. The van der Waals surface area contributed by atoms with E-state index >= 15 is 0 Å². The summed E-state index contributed by atoms with van der Waals surface area (Å²) in [4.78, 5) is 0. The van der Waals surface area contributed by atoms with Crippen molar-refractivity contribution in [3.05, 3.63) is 0 Å². The summed E-state index contributed by atoms with van der Waals surface area (Å²) in [5.74, 6) is 0.701. The zero-order chi connectivity index (χ0) is 7.56. The molecule has 0 aromatic carbocycles. The molecule has 0 aromatic heterocycles. The molecule has 1 saturated heterocycles. The topological polar surface area (TPSA) is 32.3 Å². The summed E-state index contributed by atoms with van der Waals surface area (Å²) in [6.45, 7) is 5.22. The number of hydrogen-bond acceptors (Lipinski definition) is 2. The van der Waals surface area contributed by atoms with Gasteiger partial charge in [-0.25, -0.2) is 0 Å². The Labute approximate surface area is 62.6 Å². The van der Waals surface area contributed by atoms with Crippen LogP contribution >= 0.6 is 0 Å². The predicted octanol–water partition coefficient (Wildman–Crippen LogP) is 0.755. The Bertz CT molecular complexity index is 95.4. The molecule has 10 heavy (non-hydrogen) atoms. The number of hydrogen-bond donors (Lipinski definition) is 2. The molecule has 2 atom stereocenters. The van der Waals surface area contributed by atoms with Gasteiger partial charge in [-0.1, -0.05) is 13.8 Å². The maximum absolute atomic E-state index is 9.15. The van der Waals surface area contributed by atoms with E-state index in [1.165, 1.54) is 0 Å². The average Bonchev–Trinajstić information content (AvgIpc) is 1.88. The summed E-state index contributed by atoms with van der Waals surface area (Å²) in [5.41, 5.74) is 0. The third-order valence-electron chi connectivity index (χ3n) is 2.23. The van der Waals surface area contributed by atoms with E-state index < -0.39 is 0 Å². The van der Waals surface area contributed by atoms with Gasteiger partial charge in [0.2, 0.25) is 0 Å².